The molecule has 0 aliphatic carbocycles. The Balaban J connectivity index is 1.56. The minimum Gasteiger partial charge on any atom is -0.339 e. The quantitative estimate of drug-likeness (QED) is 0.666. The summed E-state index contributed by atoms with van der Waals surface area (Å²) < 4.78 is 1.69. The van der Waals surface area contributed by atoms with E-state index in [1.165, 1.54) is 18.2 Å². The standard InChI is InChI=1S/C18H19ClN6OS/c1-11-8-12(2)25-17(21-11)22-18(23-25)27-15-14(19)9-13(10-20-15)16(26)24-6-4-3-5-7-24/h8-10H,3-7H2,1-2H3. The van der Waals surface area contributed by atoms with Crippen molar-refractivity contribution in [2.45, 2.75) is 43.3 Å². The van der Waals surface area contributed by atoms with Crippen LogP contribution in [0.4, 0.5) is 0 Å². The van der Waals surface area contributed by atoms with Crippen molar-refractivity contribution in [2.75, 3.05) is 13.1 Å². The lowest BCUT2D eigenvalue weighted by molar-refractivity contribution is 0.0724. The molecule has 4 rings (SSSR count). The summed E-state index contributed by atoms with van der Waals surface area (Å²) in [6.45, 7) is 5.47. The molecule has 27 heavy (non-hydrogen) atoms. The minimum atomic E-state index is -0.0122. The summed E-state index contributed by atoms with van der Waals surface area (Å²) in [5, 5.41) is 5.95. The molecule has 3 aromatic heterocycles. The normalized spacial score (nSPS) is 14.7. The van der Waals surface area contributed by atoms with Gasteiger partial charge in [0, 0.05) is 30.7 Å². The number of pyridine rings is 1. The molecule has 0 saturated carbocycles. The van der Waals surface area contributed by atoms with E-state index in [9.17, 15) is 4.79 Å². The van der Waals surface area contributed by atoms with Crippen LogP contribution in [0.1, 0.15) is 41.0 Å². The van der Waals surface area contributed by atoms with Gasteiger partial charge in [-0.15, -0.1) is 5.10 Å². The van der Waals surface area contributed by atoms with Gasteiger partial charge in [0.05, 0.1) is 10.6 Å². The summed E-state index contributed by atoms with van der Waals surface area (Å²) in [5.74, 6) is 0.532. The molecule has 0 spiro atoms. The number of carbonyl (C=O) groups is 1. The van der Waals surface area contributed by atoms with Crippen molar-refractivity contribution in [3.05, 3.63) is 40.3 Å². The van der Waals surface area contributed by atoms with Gasteiger partial charge in [0.25, 0.3) is 11.7 Å². The number of hydrogen-bond donors (Lipinski definition) is 0. The van der Waals surface area contributed by atoms with Gasteiger partial charge in [-0.25, -0.2) is 14.5 Å². The number of hydrogen-bond acceptors (Lipinski definition) is 6. The third kappa shape index (κ3) is 3.77. The van der Waals surface area contributed by atoms with Gasteiger partial charge >= 0.3 is 0 Å². The van der Waals surface area contributed by atoms with E-state index in [1.54, 1.807) is 16.8 Å². The highest BCUT2D eigenvalue weighted by Crippen LogP contribution is 2.30. The third-order valence-corrected chi connectivity index (χ3v) is 5.76. The molecular formula is C18H19ClN6OS. The van der Waals surface area contributed by atoms with Crippen LogP contribution in [-0.2, 0) is 0 Å². The molecule has 0 unspecified atom stereocenters. The fourth-order valence-corrected chi connectivity index (χ4v) is 4.14. The van der Waals surface area contributed by atoms with Crippen molar-refractivity contribution in [2.24, 2.45) is 0 Å². The van der Waals surface area contributed by atoms with Crippen LogP contribution in [-0.4, -0.2) is 48.5 Å². The van der Waals surface area contributed by atoms with Crippen molar-refractivity contribution in [1.29, 1.82) is 0 Å². The number of likely N-dealkylation sites (tertiary alicyclic amines) is 1. The lowest BCUT2D eigenvalue weighted by atomic mass is 10.1. The Morgan fingerprint density at radius 2 is 1.93 bits per heavy atom. The van der Waals surface area contributed by atoms with E-state index in [0.717, 1.165) is 37.3 Å². The average molecular weight is 403 g/mol. The van der Waals surface area contributed by atoms with E-state index in [2.05, 4.69) is 20.1 Å². The summed E-state index contributed by atoms with van der Waals surface area (Å²) >= 11 is 7.64. The van der Waals surface area contributed by atoms with Crippen molar-refractivity contribution >= 4 is 35.0 Å². The van der Waals surface area contributed by atoms with E-state index < -0.39 is 0 Å². The van der Waals surface area contributed by atoms with Crippen LogP contribution < -0.4 is 0 Å². The maximum Gasteiger partial charge on any atom is 0.255 e. The first-order valence-electron chi connectivity index (χ1n) is 8.85. The Morgan fingerprint density at radius 1 is 1.15 bits per heavy atom. The minimum absolute atomic E-state index is 0.0122. The summed E-state index contributed by atoms with van der Waals surface area (Å²) in [4.78, 5) is 27.6. The molecular weight excluding hydrogens is 384 g/mol. The Morgan fingerprint density at radius 3 is 2.67 bits per heavy atom. The van der Waals surface area contributed by atoms with Gasteiger partial charge in [0.2, 0.25) is 5.16 Å². The van der Waals surface area contributed by atoms with Crippen LogP contribution in [0.2, 0.25) is 5.02 Å². The number of rotatable bonds is 3. The van der Waals surface area contributed by atoms with Gasteiger partial charge in [0.1, 0.15) is 5.03 Å². The SMILES string of the molecule is Cc1cc(C)n2nc(Sc3ncc(C(=O)N4CCCCC4)cc3Cl)nc2n1. The van der Waals surface area contributed by atoms with Crippen molar-refractivity contribution in [3.63, 3.8) is 0 Å². The first-order chi connectivity index (χ1) is 13.0. The van der Waals surface area contributed by atoms with Crippen LogP contribution in [0.5, 0.6) is 0 Å². The van der Waals surface area contributed by atoms with Gasteiger partial charge in [-0.05, 0) is 57.0 Å². The smallest absolute Gasteiger partial charge is 0.255 e. The zero-order valence-electron chi connectivity index (χ0n) is 15.1. The summed E-state index contributed by atoms with van der Waals surface area (Å²) in [6.07, 6.45) is 4.85. The molecule has 1 fully saturated rings. The van der Waals surface area contributed by atoms with E-state index in [0.29, 0.717) is 26.5 Å². The fraction of sp³-hybridized carbons (Fsp3) is 0.389. The second kappa shape index (κ2) is 7.44. The lowest BCUT2D eigenvalue weighted by Crippen LogP contribution is -2.35. The number of piperidine rings is 1. The zero-order chi connectivity index (χ0) is 19.0. The Hall–Kier alpha value is -2.19. The molecule has 3 aromatic rings. The average Bonchev–Trinajstić information content (AvgIpc) is 3.06. The number of aromatic nitrogens is 5. The molecule has 7 nitrogen and oxygen atoms in total. The number of halogens is 1. The summed E-state index contributed by atoms with van der Waals surface area (Å²) in [7, 11) is 0. The molecule has 0 bridgehead atoms. The van der Waals surface area contributed by atoms with E-state index in [-0.39, 0.29) is 5.91 Å². The zero-order valence-corrected chi connectivity index (χ0v) is 16.7. The third-order valence-electron chi connectivity index (χ3n) is 4.48. The number of carbonyl (C=O) groups excluding carboxylic acids is 1. The summed E-state index contributed by atoms with van der Waals surface area (Å²) in [6, 6.07) is 3.62. The van der Waals surface area contributed by atoms with Crippen LogP contribution in [0.25, 0.3) is 5.78 Å². The number of aryl methyl sites for hydroxylation is 2. The summed E-state index contributed by atoms with van der Waals surface area (Å²) in [5.41, 5.74) is 2.36. The molecule has 4 heterocycles. The molecule has 0 atom stereocenters. The highest BCUT2D eigenvalue weighted by atomic mass is 35.5. The molecule has 1 amide bonds. The number of fused-ring (bicyclic) bond motifs is 1. The predicted octanol–water partition coefficient (Wildman–Crippen LogP) is 3.57. The van der Waals surface area contributed by atoms with Gasteiger partial charge < -0.3 is 4.90 Å². The van der Waals surface area contributed by atoms with Crippen molar-refractivity contribution in [1.82, 2.24) is 29.5 Å². The van der Waals surface area contributed by atoms with Gasteiger partial charge in [-0.3, -0.25) is 4.79 Å². The van der Waals surface area contributed by atoms with Crippen molar-refractivity contribution < 1.29 is 4.79 Å². The van der Waals surface area contributed by atoms with Gasteiger partial charge in [-0.2, -0.15) is 4.98 Å². The van der Waals surface area contributed by atoms with Crippen LogP contribution in [0.3, 0.4) is 0 Å². The maximum absolute atomic E-state index is 12.6. The largest absolute Gasteiger partial charge is 0.339 e. The van der Waals surface area contributed by atoms with Crippen LogP contribution in [0, 0.1) is 13.8 Å². The molecule has 9 heteroatoms. The number of nitrogens with zero attached hydrogens (tertiary/aromatic N) is 6. The van der Waals surface area contributed by atoms with E-state index in [4.69, 9.17) is 11.6 Å². The Kier molecular flexibility index (Phi) is 5.01. The topological polar surface area (TPSA) is 76.3 Å². The fourth-order valence-electron chi connectivity index (χ4n) is 3.17. The molecule has 1 aliphatic heterocycles. The van der Waals surface area contributed by atoms with Crippen LogP contribution in [0.15, 0.2) is 28.5 Å². The number of amides is 1. The van der Waals surface area contributed by atoms with Gasteiger partial charge in [0.15, 0.2) is 0 Å². The second-order valence-electron chi connectivity index (χ2n) is 6.61. The molecule has 1 saturated heterocycles. The molecule has 0 radical (unpaired) electrons. The highest BCUT2D eigenvalue weighted by molar-refractivity contribution is 7.99. The maximum atomic E-state index is 12.6. The monoisotopic (exact) mass is 402 g/mol. The van der Waals surface area contributed by atoms with Gasteiger partial charge in [-0.1, -0.05) is 11.6 Å². The molecule has 1 aliphatic rings. The van der Waals surface area contributed by atoms with Crippen LogP contribution >= 0.6 is 23.4 Å². The molecule has 0 N–H and O–H groups in total. The second-order valence-corrected chi connectivity index (χ2v) is 7.97. The Labute approximate surface area is 166 Å². The van der Waals surface area contributed by atoms with E-state index >= 15 is 0 Å². The van der Waals surface area contributed by atoms with E-state index in [1.807, 2.05) is 24.8 Å². The first-order valence-corrected chi connectivity index (χ1v) is 10.0. The molecule has 140 valence electrons. The predicted molar refractivity (Wildman–Crippen MR) is 103 cm³/mol. The van der Waals surface area contributed by atoms with Crippen molar-refractivity contribution in [3.8, 4) is 0 Å². The molecule has 0 aromatic carbocycles. The Bertz CT molecular complexity index is 1010. The lowest BCUT2D eigenvalue weighted by Gasteiger charge is -2.26. The highest BCUT2D eigenvalue weighted by Gasteiger charge is 2.20. The first kappa shape index (κ1) is 18.2.